The highest BCUT2D eigenvalue weighted by molar-refractivity contribution is 7.72. The lowest BCUT2D eigenvalue weighted by Gasteiger charge is -2.67. The summed E-state index contributed by atoms with van der Waals surface area (Å²) < 4.78 is 0. The highest BCUT2D eigenvalue weighted by atomic mass is 31.1. The van der Waals surface area contributed by atoms with Gasteiger partial charge in [-0.3, -0.25) is 0 Å². The summed E-state index contributed by atoms with van der Waals surface area (Å²) in [5.41, 5.74) is 9.18. The highest BCUT2D eigenvalue weighted by Crippen LogP contribution is 2.79. The summed E-state index contributed by atoms with van der Waals surface area (Å²) >= 11 is 0. The monoisotopic (exact) mass is 736 g/mol. The largest absolute Gasteiger partial charge is 0.0894 e. The van der Waals surface area contributed by atoms with E-state index in [1.165, 1.54) is 28.4 Å². The van der Waals surface area contributed by atoms with Gasteiger partial charge in [0.05, 0.1) is 0 Å². The van der Waals surface area contributed by atoms with Crippen LogP contribution in [0, 0.1) is 49.4 Å². The average Bonchev–Trinajstić information content (AvgIpc) is 3.13. The van der Waals surface area contributed by atoms with E-state index in [2.05, 4.69) is 125 Å². The Balaban J connectivity index is 1.12. The van der Waals surface area contributed by atoms with Crippen LogP contribution in [-0.2, 0) is 17.7 Å². The molecule has 0 spiro atoms. The summed E-state index contributed by atoms with van der Waals surface area (Å²) in [7, 11) is -0.681. The first-order valence-electron chi connectivity index (χ1n) is 21.5. The average molecular weight is 737 g/mol. The lowest BCUT2D eigenvalue weighted by molar-refractivity contribution is 0.0184. The van der Waals surface area contributed by atoms with E-state index >= 15 is 0 Å². The number of aryl methyl sites for hydroxylation is 2. The Morgan fingerprint density at radius 3 is 1.38 bits per heavy atom. The minimum Gasteiger partial charge on any atom is -0.0894 e. The van der Waals surface area contributed by atoms with E-state index in [4.69, 9.17) is 0 Å². The van der Waals surface area contributed by atoms with E-state index in [1.807, 2.05) is 0 Å². The minimum absolute atomic E-state index is 0.0484. The van der Waals surface area contributed by atoms with E-state index < -0.39 is 7.92 Å². The lowest BCUT2D eigenvalue weighted by atomic mass is 9.55. The topological polar surface area (TPSA) is 0 Å². The molecule has 0 N–H and O–H groups in total. The van der Waals surface area contributed by atoms with Crippen molar-refractivity contribution in [3.05, 3.63) is 130 Å². The van der Waals surface area contributed by atoms with Gasteiger partial charge in [-0.05, 0) is 195 Å². The summed E-state index contributed by atoms with van der Waals surface area (Å²) in [4.78, 5) is 0. The molecule has 0 aliphatic heterocycles. The fraction of sp³-hybridized carbons (Fsp3) is 0.529. The predicted molar refractivity (Wildman–Crippen MR) is 230 cm³/mol. The van der Waals surface area contributed by atoms with Crippen molar-refractivity contribution >= 4 is 26.5 Å². The van der Waals surface area contributed by atoms with Crippen molar-refractivity contribution in [2.45, 2.75) is 133 Å². The second kappa shape index (κ2) is 13.4. The fourth-order valence-electron chi connectivity index (χ4n) is 14.3. The highest BCUT2D eigenvalue weighted by Gasteiger charge is 2.62. The van der Waals surface area contributed by atoms with Gasteiger partial charge in [-0.15, -0.1) is 0 Å². The maximum atomic E-state index is 2.74. The Hall–Kier alpha value is -2.26. The lowest BCUT2D eigenvalue weighted by Crippen LogP contribution is -2.56. The van der Waals surface area contributed by atoms with Gasteiger partial charge < -0.3 is 0 Å². The Labute approximate surface area is 323 Å². The van der Waals surface area contributed by atoms with Crippen molar-refractivity contribution in [1.29, 1.82) is 0 Å². The third kappa shape index (κ3) is 6.24. The number of benzene rings is 4. The number of hydrogen-bond acceptors (Lipinski definition) is 0. The Kier molecular flexibility index (Phi) is 8.92. The molecule has 0 unspecified atom stereocenters. The van der Waals surface area contributed by atoms with Crippen LogP contribution >= 0.6 is 15.8 Å². The molecule has 2 heteroatoms. The molecule has 0 atom stereocenters. The molecule has 4 aromatic carbocycles. The van der Waals surface area contributed by atoms with Gasteiger partial charge in [0.15, 0.2) is 0 Å². The molecule has 0 aromatic heterocycles. The van der Waals surface area contributed by atoms with Gasteiger partial charge in [0, 0.05) is 11.6 Å². The van der Waals surface area contributed by atoms with E-state index in [0.29, 0.717) is 10.3 Å². The second-order valence-corrected chi connectivity index (χ2v) is 25.2. The zero-order valence-corrected chi connectivity index (χ0v) is 34.8. The Morgan fingerprint density at radius 2 is 0.925 bits per heavy atom. The van der Waals surface area contributed by atoms with E-state index in [0.717, 1.165) is 41.7 Å². The standard InChI is InChI=1S/C51H62P2/c1-35-12-8-10-16-47(35)52(48-17-11-9-13-36(48)2)33-44-26-46(49(3,4)45-14-6-5-7-15-45)19-18-43(44)34-53(50-27-37-20-38(28-50)22-39(21-37)29-50)51-30-40-23-41(31-51)25-42(24-40)32-51/h5-19,26,37-42H,20-25,27-34H2,1-4H3. The summed E-state index contributed by atoms with van der Waals surface area (Å²) in [6, 6.07) is 38.1. The van der Waals surface area contributed by atoms with Crippen LogP contribution in [0.3, 0.4) is 0 Å². The number of hydrogen-bond donors (Lipinski definition) is 0. The van der Waals surface area contributed by atoms with Gasteiger partial charge in [-0.25, -0.2) is 0 Å². The Bertz CT molecular complexity index is 1810. The molecule has 276 valence electrons. The van der Waals surface area contributed by atoms with Crippen molar-refractivity contribution in [3.8, 4) is 0 Å². The van der Waals surface area contributed by atoms with E-state index in [9.17, 15) is 0 Å². The first kappa shape index (κ1) is 35.2. The van der Waals surface area contributed by atoms with Crippen LogP contribution in [0.4, 0.5) is 0 Å². The molecule has 8 saturated carbocycles. The molecule has 8 bridgehead atoms. The molecule has 0 saturated heterocycles. The molecule has 0 heterocycles. The van der Waals surface area contributed by atoms with E-state index in [-0.39, 0.29) is 13.3 Å². The van der Waals surface area contributed by atoms with Gasteiger partial charge in [0.1, 0.15) is 0 Å². The molecule has 12 rings (SSSR count). The van der Waals surface area contributed by atoms with E-state index in [1.54, 1.807) is 98.8 Å². The third-order valence-corrected chi connectivity index (χ3v) is 22.9. The fourth-order valence-corrected chi connectivity index (χ4v) is 22.3. The van der Waals surface area contributed by atoms with Crippen molar-refractivity contribution in [2.24, 2.45) is 35.5 Å². The normalized spacial score (nSPS) is 33.2. The molecule has 0 nitrogen and oxygen atoms in total. The quantitative estimate of drug-likeness (QED) is 0.142. The maximum absolute atomic E-state index is 2.74. The predicted octanol–water partition coefficient (Wildman–Crippen LogP) is 13.2. The molecule has 8 aliphatic rings. The molecule has 8 aliphatic carbocycles. The zero-order chi connectivity index (χ0) is 36.0. The summed E-state index contributed by atoms with van der Waals surface area (Å²) in [6.45, 7) is 9.64. The van der Waals surface area contributed by atoms with Crippen molar-refractivity contribution in [2.75, 3.05) is 0 Å². The van der Waals surface area contributed by atoms with Crippen LogP contribution in [0.2, 0.25) is 0 Å². The van der Waals surface area contributed by atoms with Crippen LogP contribution < -0.4 is 10.6 Å². The first-order valence-corrected chi connectivity index (χ1v) is 24.6. The van der Waals surface area contributed by atoms with Crippen molar-refractivity contribution in [1.82, 2.24) is 0 Å². The van der Waals surface area contributed by atoms with Crippen LogP contribution in [0.15, 0.2) is 97.1 Å². The van der Waals surface area contributed by atoms with Crippen LogP contribution in [0.1, 0.15) is 124 Å². The van der Waals surface area contributed by atoms with Gasteiger partial charge in [-0.2, -0.15) is 0 Å². The summed E-state index contributed by atoms with van der Waals surface area (Å²) in [5.74, 6) is 6.19. The summed E-state index contributed by atoms with van der Waals surface area (Å²) in [5, 5.41) is 4.43. The molecule has 4 aromatic rings. The van der Waals surface area contributed by atoms with Crippen LogP contribution in [0.5, 0.6) is 0 Å². The van der Waals surface area contributed by atoms with Gasteiger partial charge in [0.25, 0.3) is 0 Å². The molecular formula is C51H62P2. The Morgan fingerprint density at radius 1 is 0.491 bits per heavy atom. The molecule has 53 heavy (non-hydrogen) atoms. The zero-order valence-electron chi connectivity index (χ0n) is 33.0. The van der Waals surface area contributed by atoms with Gasteiger partial charge in [-0.1, -0.05) is 119 Å². The van der Waals surface area contributed by atoms with Crippen molar-refractivity contribution < 1.29 is 0 Å². The maximum Gasteiger partial charge on any atom is 0.0146 e. The van der Waals surface area contributed by atoms with Gasteiger partial charge >= 0.3 is 0 Å². The number of rotatable bonds is 10. The molecule has 8 fully saturated rings. The third-order valence-electron chi connectivity index (χ3n) is 16.0. The van der Waals surface area contributed by atoms with Crippen LogP contribution in [0.25, 0.3) is 0 Å². The first-order chi connectivity index (χ1) is 25.7. The second-order valence-electron chi connectivity index (χ2n) is 20.0. The molecular weight excluding hydrogens is 675 g/mol. The van der Waals surface area contributed by atoms with Gasteiger partial charge in [0.2, 0.25) is 0 Å². The van der Waals surface area contributed by atoms with Crippen LogP contribution in [-0.4, -0.2) is 10.3 Å². The smallest absolute Gasteiger partial charge is 0.0146 e. The minimum atomic E-state index is -0.559. The van der Waals surface area contributed by atoms with Crippen molar-refractivity contribution in [3.63, 3.8) is 0 Å². The SMILES string of the molecule is Cc1ccccc1P(Cc1cc(C(C)(C)c2ccccc2)ccc1CP(C12CC3CC(CC(C3)C1)C2)C12CC3CC(CC(C3)C1)C2)c1ccccc1C. The molecule has 0 amide bonds. The summed E-state index contributed by atoms with van der Waals surface area (Å²) in [6.07, 6.45) is 21.4. The molecule has 0 radical (unpaired) electrons.